The van der Waals surface area contributed by atoms with Crippen LogP contribution in [0.1, 0.15) is 31.1 Å². The van der Waals surface area contributed by atoms with Crippen LogP contribution in [0.5, 0.6) is 5.75 Å². The van der Waals surface area contributed by atoms with Crippen LogP contribution >= 0.6 is 11.8 Å². The zero-order valence-electron chi connectivity index (χ0n) is 15.2. The van der Waals surface area contributed by atoms with Gasteiger partial charge < -0.3 is 9.47 Å². The number of carbonyl (C=O) groups excluding carboxylic acids is 1. The van der Waals surface area contributed by atoms with Gasteiger partial charge in [-0.15, -0.1) is 11.8 Å². The standard InChI is InChI=1S/C20H21NO5S/c1-3-25-18(22)13-17-20(2,21(23)24)19(27-14-9-5-4-6-10-14)15-11-7-8-12-16(15)26-17/h4-12,17,19H,3,13H2,1-2H3/t17-,19-,20-/m1/s1. The molecular formula is C20H21NO5S. The Labute approximate surface area is 162 Å². The predicted molar refractivity (Wildman–Crippen MR) is 103 cm³/mol. The maximum absolute atomic E-state index is 12.2. The Balaban J connectivity index is 2.05. The van der Waals surface area contributed by atoms with E-state index in [1.165, 1.54) is 11.8 Å². The summed E-state index contributed by atoms with van der Waals surface area (Å²) in [6.45, 7) is 3.47. The smallest absolute Gasteiger partial charge is 0.309 e. The fourth-order valence-electron chi connectivity index (χ4n) is 3.21. The van der Waals surface area contributed by atoms with Gasteiger partial charge in [0.15, 0.2) is 6.10 Å². The van der Waals surface area contributed by atoms with E-state index in [9.17, 15) is 14.9 Å². The van der Waals surface area contributed by atoms with Gasteiger partial charge in [-0.1, -0.05) is 36.4 Å². The number of hydrogen-bond donors (Lipinski definition) is 0. The highest BCUT2D eigenvalue weighted by molar-refractivity contribution is 7.99. The van der Waals surface area contributed by atoms with Crippen LogP contribution in [0, 0.1) is 10.1 Å². The molecule has 1 aliphatic heterocycles. The minimum atomic E-state index is -1.50. The lowest BCUT2D eigenvalue weighted by atomic mass is 9.83. The number of para-hydroxylation sites is 1. The summed E-state index contributed by atoms with van der Waals surface area (Å²) in [5, 5.41) is 11.7. The fraction of sp³-hybridized carbons (Fsp3) is 0.350. The summed E-state index contributed by atoms with van der Waals surface area (Å²) in [6, 6.07) is 16.8. The third-order valence-electron chi connectivity index (χ3n) is 4.70. The topological polar surface area (TPSA) is 78.7 Å². The molecule has 1 aliphatic rings. The quantitative estimate of drug-likeness (QED) is 0.418. The molecule has 0 amide bonds. The van der Waals surface area contributed by atoms with Crippen molar-refractivity contribution in [2.45, 2.75) is 42.1 Å². The van der Waals surface area contributed by atoms with Gasteiger partial charge in [0, 0.05) is 22.3 Å². The first kappa shape index (κ1) is 19.2. The zero-order chi connectivity index (χ0) is 19.4. The summed E-state index contributed by atoms with van der Waals surface area (Å²) in [4.78, 5) is 24.9. The molecule has 0 fully saturated rings. The molecule has 0 unspecified atom stereocenters. The molecule has 0 radical (unpaired) electrons. The third-order valence-corrected chi connectivity index (χ3v) is 6.21. The largest absolute Gasteiger partial charge is 0.482 e. The zero-order valence-corrected chi connectivity index (χ0v) is 16.0. The number of nitro groups is 1. The molecule has 0 aliphatic carbocycles. The van der Waals surface area contributed by atoms with E-state index in [0.717, 1.165) is 10.5 Å². The van der Waals surface area contributed by atoms with Gasteiger partial charge in [0.25, 0.3) is 5.54 Å². The van der Waals surface area contributed by atoms with E-state index in [-0.39, 0.29) is 18.0 Å². The van der Waals surface area contributed by atoms with E-state index in [0.29, 0.717) is 5.75 Å². The molecule has 0 N–H and O–H groups in total. The van der Waals surface area contributed by atoms with Gasteiger partial charge in [-0.25, -0.2) is 0 Å². The third kappa shape index (κ3) is 3.78. The number of carbonyl (C=O) groups is 1. The van der Waals surface area contributed by atoms with Crippen molar-refractivity contribution >= 4 is 17.7 Å². The summed E-state index contributed by atoms with van der Waals surface area (Å²) >= 11 is 1.41. The average molecular weight is 387 g/mol. The number of rotatable bonds is 6. The predicted octanol–water partition coefficient (Wildman–Crippen LogP) is 4.27. The molecule has 0 saturated heterocycles. The lowest BCUT2D eigenvalue weighted by molar-refractivity contribution is -0.578. The molecule has 0 spiro atoms. The first-order chi connectivity index (χ1) is 13.0. The number of fused-ring (bicyclic) bond motifs is 1. The molecule has 2 aromatic rings. The number of benzene rings is 2. The van der Waals surface area contributed by atoms with Crippen LogP contribution in [0.15, 0.2) is 59.5 Å². The lowest BCUT2D eigenvalue weighted by Crippen LogP contribution is -2.56. The Morgan fingerprint density at radius 3 is 2.56 bits per heavy atom. The summed E-state index contributed by atoms with van der Waals surface area (Å²) < 4.78 is 10.9. The van der Waals surface area contributed by atoms with E-state index in [1.54, 1.807) is 19.9 Å². The van der Waals surface area contributed by atoms with Gasteiger partial charge >= 0.3 is 5.97 Å². The minimum Gasteiger partial charge on any atom is -0.482 e. The van der Waals surface area contributed by atoms with E-state index in [1.807, 2.05) is 48.5 Å². The van der Waals surface area contributed by atoms with Crippen LogP contribution in [-0.2, 0) is 9.53 Å². The second kappa shape index (κ2) is 8.00. The van der Waals surface area contributed by atoms with Gasteiger partial charge in [-0.05, 0) is 25.1 Å². The minimum absolute atomic E-state index is 0.175. The maximum Gasteiger partial charge on any atom is 0.309 e. The van der Waals surface area contributed by atoms with Crippen molar-refractivity contribution in [3.05, 3.63) is 70.3 Å². The van der Waals surface area contributed by atoms with Crippen LogP contribution in [0.4, 0.5) is 0 Å². The molecule has 27 heavy (non-hydrogen) atoms. The van der Waals surface area contributed by atoms with Crippen molar-refractivity contribution in [1.82, 2.24) is 0 Å². The monoisotopic (exact) mass is 387 g/mol. The van der Waals surface area contributed by atoms with E-state index in [2.05, 4.69) is 0 Å². The summed E-state index contributed by atoms with van der Waals surface area (Å²) in [5.41, 5.74) is -0.743. The van der Waals surface area contributed by atoms with Crippen molar-refractivity contribution in [3.63, 3.8) is 0 Å². The van der Waals surface area contributed by atoms with E-state index >= 15 is 0 Å². The number of nitrogens with zero attached hydrogens (tertiary/aromatic N) is 1. The highest BCUT2D eigenvalue weighted by Gasteiger charge is 2.59. The molecule has 3 rings (SSSR count). The Kier molecular flexibility index (Phi) is 5.70. The first-order valence-electron chi connectivity index (χ1n) is 8.74. The molecule has 0 bridgehead atoms. The van der Waals surface area contributed by atoms with Gasteiger partial charge in [-0.3, -0.25) is 14.9 Å². The van der Waals surface area contributed by atoms with E-state index in [4.69, 9.17) is 9.47 Å². The Hall–Kier alpha value is -2.54. The van der Waals surface area contributed by atoms with Gasteiger partial charge in [0.1, 0.15) is 11.0 Å². The van der Waals surface area contributed by atoms with Crippen molar-refractivity contribution < 1.29 is 19.2 Å². The normalized spacial score (nSPS) is 23.8. The Morgan fingerprint density at radius 2 is 1.89 bits per heavy atom. The van der Waals surface area contributed by atoms with Crippen LogP contribution < -0.4 is 4.74 Å². The van der Waals surface area contributed by atoms with Crippen LogP contribution in [0.3, 0.4) is 0 Å². The van der Waals surface area contributed by atoms with Gasteiger partial charge in [-0.2, -0.15) is 0 Å². The highest BCUT2D eigenvalue weighted by Crippen LogP contribution is 2.52. The fourth-order valence-corrected chi connectivity index (χ4v) is 4.60. The summed E-state index contributed by atoms with van der Waals surface area (Å²) in [5.74, 6) is 0.0676. The van der Waals surface area contributed by atoms with Crippen molar-refractivity contribution in [1.29, 1.82) is 0 Å². The summed E-state index contributed by atoms with van der Waals surface area (Å²) in [7, 11) is 0. The number of ether oxygens (including phenoxy) is 2. The molecule has 6 nitrogen and oxygen atoms in total. The number of thioether (sulfide) groups is 1. The maximum atomic E-state index is 12.2. The first-order valence-corrected chi connectivity index (χ1v) is 9.62. The number of esters is 1. The Morgan fingerprint density at radius 1 is 1.22 bits per heavy atom. The molecule has 3 atom stereocenters. The molecule has 142 valence electrons. The van der Waals surface area contributed by atoms with Crippen LogP contribution in [0.25, 0.3) is 0 Å². The van der Waals surface area contributed by atoms with E-state index < -0.39 is 22.9 Å². The SMILES string of the molecule is CCOC(=O)C[C@H]1Oc2ccccc2[C@@H](Sc2ccccc2)[C@]1(C)[N+](=O)[O-]. The molecule has 0 saturated carbocycles. The second-order valence-electron chi connectivity index (χ2n) is 6.45. The number of hydrogen-bond acceptors (Lipinski definition) is 6. The Bertz CT molecular complexity index is 828. The van der Waals surface area contributed by atoms with Gasteiger partial charge in [0.2, 0.25) is 0 Å². The molecular weight excluding hydrogens is 366 g/mol. The molecule has 1 heterocycles. The highest BCUT2D eigenvalue weighted by atomic mass is 32.2. The van der Waals surface area contributed by atoms with Crippen molar-refractivity contribution in [3.8, 4) is 5.75 Å². The van der Waals surface area contributed by atoms with Gasteiger partial charge in [0.05, 0.1) is 13.0 Å². The molecule has 2 aromatic carbocycles. The molecule has 7 heteroatoms. The second-order valence-corrected chi connectivity index (χ2v) is 7.63. The average Bonchev–Trinajstić information content (AvgIpc) is 2.66. The lowest BCUT2D eigenvalue weighted by Gasteiger charge is -2.40. The van der Waals surface area contributed by atoms with Crippen molar-refractivity contribution in [2.24, 2.45) is 0 Å². The molecule has 0 aromatic heterocycles. The summed E-state index contributed by atoms with van der Waals surface area (Å²) in [6.07, 6.45) is -1.10. The van der Waals surface area contributed by atoms with Crippen molar-refractivity contribution in [2.75, 3.05) is 6.61 Å². The van der Waals surface area contributed by atoms with Crippen LogP contribution in [-0.4, -0.2) is 29.1 Å². The van der Waals surface area contributed by atoms with Crippen LogP contribution in [0.2, 0.25) is 0 Å².